The highest BCUT2D eigenvalue weighted by molar-refractivity contribution is 5.82. The zero-order valence-electron chi connectivity index (χ0n) is 13.6. The number of carbonyl (C=O) groups is 1. The molecule has 1 heterocycles. The number of ketones is 1. The van der Waals surface area contributed by atoms with Crippen LogP contribution in [-0.4, -0.2) is 47.6 Å². The first-order chi connectivity index (χ1) is 11.0. The molecule has 2 bridgehead atoms. The molecule has 1 aromatic rings. The highest BCUT2D eigenvalue weighted by Crippen LogP contribution is 2.59. The number of benzene rings is 1. The minimum Gasteiger partial charge on any atom is -0.508 e. The van der Waals surface area contributed by atoms with Crippen molar-refractivity contribution in [3.05, 3.63) is 17.2 Å². The molecular weight excluding hydrogens is 294 g/mol. The van der Waals surface area contributed by atoms with Crippen molar-refractivity contribution in [2.45, 2.75) is 43.6 Å². The van der Waals surface area contributed by atoms with E-state index in [-0.39, 0.29) is 22.7 Å². The monoisotopic (exact) mass is 317 g/mol. The van der Waals surface area contributed by atoms with E-state index in [2.05, 4.69) is 11.9 Å². The van der Waals surface area contributed by atoms with E-state index in [0.29, 0.717) is 30.6 Å². The maximum atomic E-state index is 12.3. The van der Waals surface area contributed by atoms with Crippen LogP contribution in [0.1, 0.15) is 36.8 Å². The number of likely N-dealkylation sites (N-methyl/N-ethyl adjacent to an activating group) is 1. The maximum absolute atomic E-state index is 12.3. The highest BCUT2D eigenvalue weighted by Gasteiger charge is 2.56. The van der Waals surface area contributed by atoms with Gasteiger partial charge in [-0.3, -0.25) is 4.79 Å². The lowest BCUT2D eigenvalue weighted by Crippen LogP contribution is -2.60. The molecule has 1 aromatic carbocycles. The van der Waals surface area contributed by atoms with Gasteiger partial charge in [-0.2, -0.15) is 0 Å². The number of hydrogen-bond donors (Lipinski definition) is 2. The van der Waals surface area contributed by atoms with Crippen molar-refractivity contribution in [1.29, 1.82) is 0 Å². The van der Waals surface area contributed by atoms with Crippen LogP contribution in [0.25, 0.3) is 0 Å². The summed E-state index contributed by atoms with van der Waals surface area (Å²) in [6.45, 7) is 0.908. The van der Waals surface area contributed by atoms with E-state index < -0.39 is 0 Å². The van der Waals surface area contributed by atoms with Crippen molar-refractivity contribution in [2.75, 3.05) is 20.7 Å². The molecule has 2 fully saturated rings. The summed E-state index contributed by atoms with van der Waals surface area (Å²) in [7, 11) is 3.61. The Hall–Kier alpha value is -1.75. The molecule has 0 aromatic heterocycles. The Balaban J connectivity index is 1.99. The zero-order chi connectivity index (χ0) is 16.4. The number of carbonyl (C=O) groups excluding carboxylic acids is 1. The molecule has 1 saturated carbocycles. The van der Waals surface area contributed by atoms with Crippen molar-refractivity contribution < 1.29 is 19.7 Å². The van der Waals surface area contributed by atoms with Crippen LogP contribution in [0.3, 0.4) is 0 Å². The van der Waals surface area contributed by atoms with Gasteiger partial charge in [-0.05, 0) is 38.8 Å². The quantitative estimate of drug-likeness (QED) is 0.775. The molecule has 0 radical (unpaired) electrons. The van der Waals surface area contributed by atoms with Crippen LogP contribution < -0.4 is 4.74 Å². The number of hydrogen-bond acceptors (Lipinski definition) is 5. The number of ether oxygens (including phenoxy) is 1. The van der Waals surface area contributed by atoms with Gasteiger partial charge in [0.05, 0.1) is 7.11 Å². The topological polar surface area (TPSA) is 70.0 Å². The number of phenols is 2. The predicted molar refractivity (Wildman–Crippen MR) is 85.1 cm³/mol. The minimum atomic E-state index is -0.351. The molecule has 4 rings (SSSR count). The van der Waals surface area contributed by atoms with Crippen LogP contribution in [0, 0.1) is 5.92 Å². The number of rotatable bonds is 1. The summed E-state index contributed by atoms with van der Waals surface area (Å²) in [5, 5.41) is 21.3. The fourth-order valence-corrected chi connectivity index (χ4v) is 5.33. The molecule has 3 aliphatic rings. The molecule has 1 aliphatic heterocycles. The standard InChI is InChI=1S/C18H23NO4/c1-19-6-5-18-9-10(20)3-4-12(18)13(19)7-11-14(21)8-15(23-2)17(22)16(11)18/h8,12-13,21-22H,3-7,9H2,1-2H3/t12-,13+,18-/m0/s1. The van der Waals surface area contributed by atoms with Crippen LogP contribution in [0.15, 0.2) is 6.07 Å². The normalized spacial score (nSPS) is 33.0. The number of likely N-dealkylation sites (tertiary alicyclic amines) is 1. The second-order valence-corrected chi connectivity index (χ2v) is 7.32. The Labute approximate surface area is 135 Å². The molecule has 1 saturated heterocycles. The molecule has 3 atom stereocenters. The van der Waals surface area contributed by atoms with Gasteiger partial charge in [0.25, 0.3) is 0 Å². The minimum absolute atomic E-state index is 0.114. The van der Waals surface area contributed by atoms with E-state index >= 15 is 0 Å². The molecule has 124 valence electrons. The summed E-state index contributed by atoms with van der Waals surface area (Å²) in [6, 6.07) is 1.81. The van der Waals surface area contributed by atoms with Gasteiger partial charge in [0.1, 0.15) is 11.5 Å². The van der Waals surface area contributed by atoms with Gasteiger partial charge >= 0.3 is 0 Å². The molecule has 0 unspecified atom stereocenters. The van der Waals surface area contributed by atoms with Gasteiger partial charge in [-0.1, -0.05) is 0 Å². The molecule has 0 spiro atoms. The molecule has 2 aliphatic carbocycles. The van der Waals surface area contributed by atoms with Crippen LogP contribution in [-0.2, 0) is 16.6 Å². The predicted octanol–water partition coefficient (Wildman–Crippen LogP) is 1.97. The average Bonchev–Trinajstić information content (AvgIpc) is 2.53. The summed E-state index contributed by atoms with van der Waals surface area (Å²) in [6.07, 6.45) is 3.52. The fraction of sp³-hybridized carbons (Fsp3) is 0.611. The number of aromatic hydroxyl groups is 2. The lowest BCUT2D eigenvalue weighted by atomic mass is 9.52. The number of methoxy groups -OCH3 is 1. The summed E-state index contributed by atoms with van der Waals surface area (Å²) in [4.78, 5) is 14.6. The highest BCUT2D eigenvalue weighted by atomic mass is 16.5. The largest absolute Gasteiger partial charge is 0.508 e. The summed E-state index contributed by atoms with van der Waals surface area (Å²) < 4.78 is 5.25. The lowest BCUT2D eigenvalue weighted by molar-refractivity contribution is -0.127. The van der Waals surface area contributed by atoms with Gasteiger partial charge in [-0.25, -0.2) is 0 Å². The number of piperidine rings is 1. The van der Waals surface area contributed by atoms with Gasteiger partial charge in [0, 0.05) is 41.5 Å². The number of phenolic OH excluding ortho intramolecular Hbond substituents is 2. The van der Waals surface area contributed by atoms with Crippen molar-refractivity contribution in [2.24, 2.45) is 5.92 Å². The molecular formula is C18H23NO4. The van der Waals surface area contributed by atoms with Crippen LogP contribution >= 0.6 is 0 Å². The third kappa shape index (κ3) is 1.86. The molecule has 0 amide bonds. The smallest absolute Gasteiger partial charge is 0.164 e. The van der Waals surface area contributed by atoms with Crippen molar-refractivity contribution in [3.63, 3.8) is 0 Å². The first-order valence-electron chi connectivity index (χ1n) is 8.32. The van der Waals surface area contributed by atoms with Gasteiger partial charge in [0.2, 0.25) is 0 Å². The molecule has 2 N–H and O–H groups in total. The van der Waals surface area contributed by atoms with Crippen molar-refractivity contribution >= 4 is 5.78 Å². The lowest BCUT2D eigenvalue weighted by Gasteiger charge is -2.58. The Morgan fingerprint density at radius 2 is 2.17 bits per heavy atom. The van der Waals surface area contributed by atoms with Gasteiger partial charge < -0.3 is 19.8 Å². The molecule has 5 heteroatoms. The zero-order valence-corrected chi connectivity index (χ0v) is 13.6. The van der Waals surface area contributed by atoms with Crippen LogP contribution in [0.5, 0.6) is 17.2 Å². The van der Waals surface area contributed by atoms with E-state index in [4.69, 9.17) is 4.74 Å². The second-order valence-electron chi connectivity index (χ2n) is 7.32. The fourth-order valence-electron chi connectivity index (χ4n) is 5.33. The molecule has 23 heavy (non-hydrogen) atoms. The first-order valence-corrected chi connectivity index (χ1v) is 8.32. The third-order valence-electron chi connectivity index (χ3n) is 6.38. The van der Waals surface area contributed by atoms with Gasteiger partial charge in [0.15, 0.2) is 11.5 Å². The Morgan fingerprint density at radius 1 is 1.39 bits per heavy atom. The Bertz CT molecular complexity index is 686. The summed E-state index contributed by atoms with van der Waals surface area (Å²) >= 11 is 0. The van der Waals surface area contributed by atoms with Gasteiger partial charge in [-0.15, -0.1) is 0 Å². The number of fused-ring (bicyclic) bond motifs is 1. The summed E-state index contributed by atoms with van der Waals surface area (Å²) in [5.41, 5.74) is 1.22. The average molecular weight is 317 g/mol. The maximum Gasteiger partial charge on any atom is 0.164 e. The van der Waals surface area contributed by atoms with Crippen LogP contribution in [0.2, 0.25) is 0 Å². The van der Waals surface area contributed by atoms with E-state index in [9.17, 15) is 15.0 Å². The van der Waals surface area contributed by atoms with E-state index in [1.807, 2.05) is 0 Å². The third-order valence-corrected chi connectivity index (χ3v) is 6.38. The molecule has 5 nitrogen and oxygen atoms in total. The Kier molecular flexibility index (Phi) is 3.14. The van der Waals surface area contributed by atoms with Crippen molar-refractivity contribution in [3.8, 4) is 17.2 Å². The Morgan fingerprint density at radius 3 is 2.91 bits per heavy atom. The van der Waals surface area contributed by atoms with E-state index in [0.717, 1.165) is 36.9 Å². The number of Topliss-reactive ketones (excluding diaryl/α,β-unsaturated/α-hetero) is 1. The van der Waals surface area contributed by atoms with E-state index in [1.165, 1.54) is 13.2 Å². The SMILES string of the molecule is COc1cc(O)c2c(c1O)[C@]13CCN(C)[C@H](C2)[C@@H]1CCC(=O)C3. The first kappa shape index (κ1) is 14.8. The number of nitrogens with zero attached hydrogens (tertiary/aromatic N) is 1. The van der Waals surface area contributed by atoms with Crippen molar-refractivity contribution in [1.82, 2.24) is 4.90 Å². The summed E-state index contributed by atoms with van der Waals surface area (Å²) in [5.74, 6) is 1.20. The second kappa shape index (κ2) is 4.87. The van der Waals surface area contributed by atoms with Crippen LogP contribution in [0.4, 0.5) is 0 Å². The van der Waals surface area contributed by atoms with E-state index in [1.54, 1.807) is 0 Å².